The SMILES string of the molecule is Cc1cc(CN)c2c(c1)S(O)(O)c1cc(C)cc(CC(=O)O)c1O2. The van der Waals surface area contributed by atoms with Crippen molar-refractivity contribution in [3.8, 4) is 11.5 Å². The van der Waals surface area contributed by atoms with Gasteiger partial charge in [0.05, 0.1) is 6.42 Å². The molecule has 0 atom stereocenters. The van der Waals surface area contributed by atoms with Gasteiger partial charge in [-0.2, -0.15) is 0 Å². The number of carboxylic acids is 1. The Morgan fingerprint density at radius 1 is 1.04 bits per heavy atom. The van der Waals surface area contributed by atoms with Crippen LogP contribution < -0.4 is 10.5 Å². The molecule has 0 saturated carbocycles. The molecule has 0 aromatic heterocycles. The van der Waals surface area contributed by atoms with Crippen LogP contribution in [0.2, 0.25) is 0 Å². The summed E-state index contributed by atoms with van der Waals surface area (Å²) in [5.41, 5.74) is 8.41. The van der Waals surface area contributed by atoms with Crippen molar-refractivity contribution in [1.29, 1.82) is 0 Å². The van der Waals surface area contributed by atoms with E-state index in [9.17, 15) is 13.9 Å². The van der Waals surface area contributed by atoms with Gasteiger partial charge >= 0.3 is 5.97 Å². The number of ether oxygens (including phenoxy) is 1. The molecule has 1 aliphatic rings. The molecule has 24 heavy (non-hydrogen) atoms. The molecule has 0 aliphatic carbocycles. The molecule has 3 rings (SSSR count). The van der Waals surface area contributed by atoms with E-state index in [2.05, 4.69) is 0 Å². The summed E-state index contributed by atoms with van der Waals surface area (Å²) in [4.78, 5) is 11.7. The van der Waals surface area contributed by atoms with Crippen LogP contribution in [0.4, 0.5) is 0 Å². The molecule has 1 aliphatic heterocycles. The Balaban J connectivity index is 2.29. The number of aryl methyl sites for hydroxylation is 2. The molecule has 5 N–H and O–H groups in total. The van der Waals surface area contributed by atoms with Crippen molar-refractivity contribution in [2.24, 2.45) is 5.73 Å². The second-order valence-corrected chi connectivity index (χ2v) is 7.91. The molecule has 0 unspecified atom stereocenters. The number of carboxylic acid groups (broad SMARTS) is 1. The zero-order valence-corrected chi connectivity index (χ0v) is 14.2. The maximum absolute atomic E-state index is 11.1. The normalized spacial score (nSPS) is 15.9. The largest absolute Gasteiger partial charge is 0.481 e. The van der Waals surface area contributed by atoms with E-state index in [0.29, 0.717) is 21.8 Å². The summed E-state index contributed by atoms with van der Waals surface area (Å²) in [5, 5.41) is 9.13. The molecule has 0 saturated heterocycles. The monoisotopic (exact) mass is 349 g/mol. The van der Waals surface area contributed by atoms with E-state index in [1.807, 2.05) is 13.0 Å². The third-order valence-electron chi connectivity index (χ3n) is 3.93. The molecule has 2 aromatic rings. The van der Waals surface area contributed by atoms with Gasteiger partial charge in [-0.1, -0.05) is 12.1 Å². The van der Waals surface area contributed by atoms with Crippen molar-refractivity contribution in [3.05, 3.63) is 46.5 Å². The predicted molar refractivity (Wildman–Crippen MR) is 91.0 cm³/mol. The van der Waals surface area contributed by atoms with Crippen LogP contribution in [-0.4, -0.2) is 20.2 Å². The molecule has 7 heteroatoms. The van der Waals surface area contributed by atoms with Gasteiger partial charge in [-0.25, -0.2) is 0 Å². The van der Waals surface area contributed by atoms with E-state index in [0.717, 1.165) is 11.1 Å². The van der Waals surface area contributed by atoms with E-state index in [-0.39, 0.29) is 23.6 Å². The highest BCUT2D eigenvalue weighted by molar-refractivity contribution is 8.24. The summed E-state index contributed by atoms with van der Waals surface area (Å²) in [6.45, 7) is 3.80. The average molecular weight is 349 g/mol. The second-order valence-electron chi connectivity index (χ2n) is 5.93. The first-order valence-corrected chi connectivity index (χ1v) is 8.93. The maximum atomic E-state index is 11.1. The standard InChI is InChI=1S/C17H19NO5S/c1-9-3-11(7-15(19)20)16-13(5-9)24(21,22)14-6-10(2)4-12(8-18)17(14)23-16/h3-6,21-22H,7-8,18H2,1-2H3,(H,19,20). The van der Waals surface area contributed by atoms with Crippen LogP contribution in [0.25, 0.3) is 0 Å². The topological polar surface area (TPSA) is 113 Å². The van der Waals surface area contributed by atoms with E-state index in [4.69, 9.17) is 15.6 Å². The van der Waals surface area contributed by atoms with Gasteiger partial charge in [-0.15, -0.1) is 10.6 Å². The minimum absolute atomic E-state index is 0.176. The molecular formula is C17H19NO5S. The number of benzene rings is 2. The van der Waals surface area contributed by atoms with Crippen LogP contribution in [0.15, 0.2) is 34.1 Å². The smallest absolute Gasteiger partial charge is 0.307 e. The Morgan fingerprint density at radius 3 is 2.04 bits per heavy atom. The molecule has 0 fully saturated rings. The number of hydrogen-bond donors (Lipinski definition) is 4. The van der Waals surface area contributed by atoms with Crippen LogP contribution in [0.1, 0.15) is 22.3 Å². The highest BCUT2D eigenvalue weighted by atomic mass is 32.3. The van der Waals surface area contributed by atoms with E-state index in [1.165, 1.54) is 0 Å². The van der Waals surface area contributed by atoms with Gasteiger partial charge in [-0.3, -0.25) is 13.9 Å². The molecule has 128 valence electrons. The van der Waals surface area contributed by atoms with Crippen molar-refractivity contribution < 1.29 is 23.7 Å². The fourth-order valence-electron chi connectivity index (χ4n) is 2.95. The van der Waals surface area contributed by atoms with Crippen molar-refractivity contribution in [3.63, 3.8) is 0 Å². The lowest BCUT2D eigenvalue weighted by Gasteiger charge is -2.40. The van der Waals surface area contributed by atoms with Gasteiger partial charge in [0.1, 0.15) is 9.79 Å². The van der Waals surface area contributed by atoms with Crippen molar-refractivity contribution in [1.82, 2.24) is 0 Å². The lowest BCUT2D eigenvalue weighted by atomic mass is 10.1. The number of carbonyl (C=O) groups is 1. The van der Waals surface area contributed by atoms with Crippen LogP contribution in [0.3, 0.4) is 0 Å². The first-order valence-electron chi connectivity index (χ1n) is 7.39. The second kappa shape index (κ2) is 5.78. The van der Waals surface area contributed by atoms with Gasteiger partial charge in [-0.05, 0) is 37.1 Å². The van der Waals surface area contributed by atoms with Gasteiger partial charge in [0.25, 0.3) is 0 Å². The summed E-state index contributed by atoms with van der Waals surface area (Å²) in [7, 11) is -3.31. The van der Waals surface area contributed by atoms with Gasteiger partial charge in [0.2, 0.25) is 0 Å². The first kappa shape index (κ1) is 16.8. The molecule has 1 heterocycles. The van der Waals surface area contributed by atoms with Crippen molar-refractivity contribution >= 4 is 16.6 Å². The summed E-state index contributed by atoms with van der Waals surface area (Å²) in [6.07, 6.45) is -0.265. The minimum Gasteiger partial charge on any atom is -0.481 e. The van der Waals surface area contributed by atoms with Crippen LogP contribution in [0, 0.1) is 13.8 Å². The van der Waals surface area contributed by atoms with Crippen LogP contribution in [-0.2, 0) is 17.8 Å². The number of hydrogen-bond acceptors (Lipinski definition) is 5. The Morgan fingerprint density at radius 2 is 1.54 bits per heavy atom. The lowest BCUT2D eigenvalue weighted by molar-refractivity contribution is -0.136. The fraction of sp³-hybridized carbons (Fsp3) is 0.235. The van der Waals surface area contributed by atoms with E-state index < -0.39 is 16.6 Å². The molecule has 0 radical (unpaired) electrons. The number of nitrogens with two attached hydrogens (primary N) is 1. The minimum atomic E-state index is -3.31. The Bertz CT molecular complexity index is 847. The molecule has 0 bridgehead atoms. The molecule has 0 amide bonds. The quantitative estimate of drug-likeness (QED) is 0.672. The molecular weight excluding hydrogens is 330 g/mol. The number of aliphatic carboxylic acids is 1. The highest BCUT2D eigenvalue weighted by Gasteiger charge is 2.35. The summed E-state index contributed by atoms with van der Waals surface area (Å²) < 4.78 is 27.7. The lowest BCUT2D eigenvalue weighted by Crippen LogP contribution is -2.15. The summed E-state index contributed by atoms with van der Waals surface area (Å²) >= 11 is 0. The van der Waals surface area contributed by atoms with Gasteiger partial charge in [0, 0.05) is 17.7 Å². The van der Waals surface area contributed by atoms with Crippen LogP contribution >= 0.6 is 10.6 Å². The maximum Gasteiger partial charge on any atom is 0.307 e. The highest BCUT2D eigenvalue weighted by Crippen LogP contribution is 2.66. The van der Waals surface area contributed by atoms with Crippen molar-refractivity contribution in [2.75, 3.05) is 0 Å². The third kappa shape index (κ3) is 2.65. The van der Waals surface area contributed by atoms with E-state index in [1.54, 1.807) is 25.1 Å². The zero-order chi connectivity index (χ0) is 17.6. The average Bonchev–Trinajstić information content (AvgIpc) is 2.48. The summed E-state index contributed by atoms with van der Waals surface area (Å²) in [5.74, 6) is -0.503. The van der Waals surface area contributed by atoms with Crippen molar-refractivity contribution in [2.45, 2.75) is 36.6 Å². The number of fused-ring (bicyclic) bond motifs is 2. The Hall–Kier alpha value is -2.06. The zero-order valence-electron chi connectivity index (χ0n) is 13.4. The molecule has 2 aromatic carbocycles. The number of rotatable bonds is 3. The van der Waals surface area contributed by atoms with Gasteiger partial charge < -0.3 is 15.6 Å². The molecule has 6 nitrogen and oxygen atoms in total. The Kier molecular flexibility index (Phi) is 4.05. The van der Waals surface area contributed by atoms with E-state index >= 15 is 0 Å². The first-order chi connectivity index (χ1) is 11.2. The predicted octanol–water partition coefficient (Wildman–Crippen LogP) is 3.66. The molecule has 0 spiro atoms. The summed E-state index contributed by atoms with van der Waals surface area (Å²) in [6, 6.07) is 6.81. The van der Waals surface area contributed by atoms with Gasteiger partial charge in [0.15, 0.2) is 11.5 Å². The Labute approximate surface area is 141 Å². The van der Waals surface area contributed by atoms with Crippen LogP contribution in [0.5, 0.6) is 11.5 Å². The third-order valence-corrected chi connectivity index (χ3v) is 5.76. The fourth-order valence-corrected chi connectivity index (χ4v) is 4.75.